The maximum absolute atomic E-state index is 11.5. The van der Waals surface area contributed by atoms with E-state index in [0.717, 1.165) is 0 Å². The minimum absolute atomic E-state index is 0.284. The van der Waals surface area contributed by atoms with Crippen LogP contribution >= 0.6 is 0 Å². The maximum atomic E-state index is 11.5. The smallest absolute Gasteiger partial charge is 0.239 e. The molecule has 1 rings (SSSR count). The molecule has 3 N–H and O–H groups in total. The van der Waals surface area contributed by atoms with Crippen molar-refractivity contribution in [3.63, 3.8) is 0 Å². The van der Waals surface area contributed by atoms with Gasteiger partial charge in [-0.1, -0.05) is 12.1 Å². The number of nitrogen functional groups attached to an aromatic ring is 1. The van der Waals surface area contributed by atoms with Gasteiger partial charge < -0.3 is 11.1 Å². The predicted octanol–water partition coefficient (Wildman–Crippen LogP) is 0.974. The average Bonchev–Trinajstić information content (AvgIpc) is 2.20. The second-order valence-corrected chi connectivity index (χ2v) is 4.92. The Morgan fingerprint density at radius 3 is 2.60 bits per heavy atom. The van der Waals surface area contributed by atoms with Crippen LogP contribution in [-0.4, -0.2) is 21.6 Å². The van der Waals surface area contributed by atoms with Crippen LogP contribution in [-0.2, 0) is 15.6 Å². The van der Waals surface area contributed by atoms with Gasteiger partial charge in [0.25, 0.3) is 0 Å². The number of nitrogens with two attached hydrogens (primary N) is 1. The lowest BCUT2D eigenvalue weighted by Gasteiger charge is -2.11. The van der Waals surface area contributed by atoms with Crippen molar-refractivity contribution < 1.29 is 9.00 Å². The molecule has 4 nitrogen and oxygen atoms in total. The van der Waals surface area contributed by atoms with Gasteiger partial charge in [0.1, 0.15) is 5.25 Å². The molecule has 1 amide bonds. The molecule has 82 valence electrons. The van der Waals surface area contributed by atoms with Gasteiger partial charge in [-0.3, -0.25) is 9.00 Å². The van der Waals surface area contributed by atoms with E-state index in [1.54, 1.807) is 31.2 Å². The molecule has 2 atom stereocenters. The number of nitrogens with one attached hydrogen (secondary N) is 1. The van der Waals surface area contributed by atoms with Crippen LogP contribution in [0.3, 0.4) is 0 Å². The van der Waals surface area contributed by atoms with Crippen LogP contribution < -0.4 is 11.1 Å². The molecule has 0 fully saturated rings. The highest BCUT2D eigenvalue weighted by Crippen LogP contribution is 2.17. The molecule has 0 aliphatic carbocycles. The Balaban J connectivity index is 2.75. The summed E-state index contributed by atoms with van der Waals surface area (Å²) in [5, 5.41) is 2.10. The first-order chi connectivity index (χ1) is 7.02. The molecular formula is C10H14N2O2S. The van der Waals surface area contributed by atoms with Gasteiger partial charge in [0.05, 0.1) is 11.4 Å². The van der Waals surface area contributed by atoms with Crippen LogP contribution in [0.4, 0.5) is 11.4 Å². The minimum atomic E-state index is -1.17. The summed E-state index contributed by atoms with van der Waals surface area (Å²) < 4.78 is 11.1. The number of hydrogen-bond acceptors (Lipinski definition) is 3. The summed E-state index contributed by atoms with van der Waals surface area (Å²) in [6.07, 6.45) is 1.50. The fourth-order valence-electron chi connectivity index (χ4n) is 0.996. The van der Waals surface area contributed by atoms with Crippen LogP contribution in [0.25, 0.3) is 0 Å². The number of carbonyl (C=O) groups excluding carboxylic acids is 1. The van der Waals surface area contributed by atoms with Crippen molar-refractivity contribution in [3.8, 4) is 0 Å². The molecule has 15 heavy (non-hydrogen) atoms. The van der Waals surface area contributed by atoms with Gasteiger partial charge >= 0.3 is 0 Å². The maximum Gasteiger partial charge on any atom is 0.239 e. The second-order valence-electron chi connectivity index (χ2n) is 3.22. The fourth-order valence-corrected chi connectivity index (χ4v) is 1.36. The molecular weight excluding hydrogens is 212 g/mol. The minimum Gasteiger partial charge on any atom is -0.397 e. The molecule has 0 radical (unpaired) electrons. The third-order valence-corrected chi connectivity index (χ3v) is 3.30. The van der Waals surface area contributed by atoms with Gasteiger partial charge in [-0.2, -0.15) is 0 Å². The third-order valence-electron chi connectivity index (χ3n) is 2.09. The highest BCUT2D eigenvalue weighted by molar-refractivity contribution is 7.85. The Morgan fingerprint density at radius 2 is 2.07 bits per heavy atom. The van der Waals surface area contributed by atoms with E-state index in [2.05, 4.69) is 5.32 Å². The van der Waals surface area contributed by atoms with Gasteiger partial charge in [0.15, 0.2) is 0 Å². The molecule has 0 spiro atoms. The average molecular weight is 226 g/mol. The van der Waals surface area contributed by atoms with E-state index in [-0.39, 0.29) is 5.91 Å². The molecule has 0 aliphatic rings. The van der Waals surface area contributed by atoms with E-state index in [4.69, 9.17) is 5.73 Å². The summed E-state index contributed by atoms with van der Waals surface area (Å²) in [7, 11) is -1.17. The Hall–Kier alpha value is -1.36. The lowest BCUT2D eigenvalue weighted by Crippen LogP contribution is -2.28. The number of para-hydroxylation sites is 2. The first-order valence-corrected chi connectivity index (χ1v) is 6.12. The first kappa shape index (κ1) is 11.7. The molecule has 2 unspecified atom stereocenters. The molecule has 0 heterocycles. The van der Waals surface area contributed by atoms with Crippen LogP contribution in [0.1, 0.15) is 6.92 Å². The number of hydrogen-bond donors (Lipinski definition) is 2. The van der Waals surface area contributed by atoms with Crippen LogP contribution in [0.5, 0.6) is 0 Å². The molecule has 5 heteroatoms. The van der Waals surface area contributed by atoms with E-state index in [1.807, 2.05) is 0 Å². The summed E-state index contributed by atoms with van der Waals surface area (Å²) in [5.74, 6) is -0.284. The van der Waals surface area contributed by atoms with Gasteiger partial charge in [-0.05, 0) is 19.1 Å². The Morgan fingerprint density at radius 1 is 1.47 bits per heavy atom. The normalized spacial score (nSPS) is 14.3. The van der Waals surface area contributed by atoms with Crippen molar-refractivity contribution in [1.29, 1.82) is 0 Å². The molecule has 1 aromatic rings. The summed E-state index contributed by atoms with van der Waals surface area (Å²) in [6.45, 7) is 1.62. The number of rotatable bonds is 3. The van der Waals surface area contributed by atoms with Crippen LogP contribution in [0, 0.1) is 0 Å². The zero-order valence-electron chi connectivity index (χ0n) is 8.69. The SMILES string of the molecule is CC(C(=O)Nc1ccccc1N)S(C)=O. The van der Waals surface area contributed by atoms with Gasteiger partial charge in [-0.25, -0.2) is 0 Å². The van der Waals surface area contributed by atoms with E-state index in [1.165, 1.54) is 6.26 Å². The lowest BCUT2D eigenvalue weighted by molar-refractivity contribution is -0.115. The zero-order chi connectivity index (χ0) is 11.4. The quantitative estimate of drug-likeness (QED) is 0.754. The molecule has 0 bridgehead atoms. The number of anilines is 2. The summed E-state index contributed by atoms with van der Waals surface area (Å²) in [6, 6.07) is 6.97. The predicted molar refractivity (Wildman–Crippen MR) is 63.0 cm³/mol. The van der Waals surface area contributed by atoms with Gasteiger partial charge in [0, 0.05) is 17.1 Å². The van der Waals surface area contributed by atoms with Crippen LogP contribution in [0.15, 0.2) is 24.3 Å². The van der Waals surface area contributed by atoms with E-state index in [9.17, 15) is 9.00 Å². The van der Waals surface area contributed by atoms with Crippen molar-refractivity contribution in [2.24, 2.45) is 0 Å². The van der Waals surface area contributed by atoms with E-state index < -0.39 is 16.0 Å². The lowest BCUT2D eigenvalue weighted by atomic mass is 10.2. The van der Waals surface area contributed by atoms with Crippen molar-refractivity contribution in [1.82, 2.24) is 0 Å². The molecule has 0 saturated carbocycles. The number of amides is 1. The van der Waals surface area contributed by atoms with E-state index in [0.29, 0.717) is 11.4 Å². The second kappa shape index (κ2) is 4.93. The fraction of sp³-hybridized carbons (Fsp3) is 0.300. The molecule has 0 aliphatic heterocycles. The van der Waals surface area contributed by atoms with E-state index >= 15 is 0 Å². The number of carbonyl (C=O) groups is 1. The zero-order valence-corrected chi connectivity index (χ0v) is 9.51. The first-order valence-electron chi connectivity index (χ1n) is 4.50. The monoisotopic (exact) mass is 226 g/mol. The summed E-state index contributed by atoms with van der Waals surface area (Å²) >= 11 is 0. The Labute approximate surface area is 91.3 Å². The van der Waals surface area contributed by atoms with Crippen molar-refractivity contribution in [2.75, 3.05) is 17.3 Å². The van der Waals surface area contributed by atoms with Crippen molar-refractivity contribution in [3.05, 3.63) is 24.3 Å². The standard InChI is InChI=1S/C10H14N2O2S/c1-7(15(2)14)10(13)12-9-6-4-3-5-8(9)11/h3-7H,11H2,1-2H3,(H,12,13). The highest BCUT2D eigenvalue weighted by atomic mass is 32.2. The Kier molecular flexibility index (Phi) is 3.85. The largest absolute Gasteiger partial charge is 0.397 e. The van der Waals surface area contributed by atoms with Crippen molar-refractivity contribution >= 4 is 28.1 Å². The third kappa shape index (κ3) is 3.06. The van der Waals surface area contributed by atoms with Gasteiger partial charge in [-0.15, -0.1) is 0 Å². The number of benzene rings is 1. The molecule has 1 aromatic carbocycles. The molecule has 0 saturated heterocycles. The van der Waals surface area contributed by atoms with Gasteiger partial charge in [0.2, 0.25) is 5.91 Å². The van der Waals surface area contributed by atoms with Crippen LogP contribution in [0.2, 0.25) is 0 Å². The highest BCUT2D eigenvalue weighted by Gasteiger charge is 2.16. The summed E-state index contributed by atoms with van der Waals surface area (Å²) in [5.41, 5.74) is 6.71. The van der Waals surface area contributed by atoms with Crippen molar-refractivity contribution in [2.45, 2.75) is 12.2 Å². The topological polar surface area (TPSA) is 72.2 Å². The molecule has 0 aromatic heterocycles. The summed E-state index contributed by atoms with van der Waals surface area (Å²) in [4.78, 5) is 11.5. The Bertz CT molecular complexity index is 393.